The SMILES string of the molecule is CCS(=O)(=O)CCC1CN(S(=O)(=O)c2cccc(C(F)(F)F)c2)c2cc(NC(=O)OC(C)(C)C)ccc2O1. The minimum Gasteiger partial charge on any atom is -0.486 e. The van der Waals surface area contributed by atoms with Crippen molar-refractivity contribution >= 4 is 37.3 Å². The number of benzene rings is 2. The molecule has 2 aromatic carbocycles. The van der Waals surface area contributed by atoms with Crippen LogP contribution in [0.25, 0.3) is 0 Å². The number of nitrogens with one attached hydrogen (secondary N) is 1. The fourth-order valence-electron chi connectivity index (χ4n) is 3.60. The molecule has 0 aliphatic carbocycles. The molecule has 1 atom stereocenters. The van der Waals surface area contributed by atoms with Crippen LogP contribution >= 0.6 is 0 Å². The number of alkyl halides is 3. The van der Waals surface area contributed by atoms with Crippen molar-refractivity contribution in [2.45, 2.75) is 56.9 Å². The summed E-state index contributed by atoms with van der Waals surface area (Å²) in [5.74, 6) is -0.318. The molecule has 0 saturated carbocycles. The number of amides is 1. The van der Waals surface area contributed by atoms with Crippen molar-refractivity contribution in [2.24, 2.45) is 0 Å². The summed E-state index contributed by atoms with van der Waals surface area (Å²) in [6.07, 6.45) is -6.50. The number of carbonyl (C=O) groups is 1. The monoisotopic (exact) mass is 578 g/mol. The quantitative estimate of drug-likeness (QED) is 0.500. The normalized spacial score (nSPS) is 16.4. The lowest BCUT2D eigenvalue weighted by Gasteiger charge is -2.36. The molecular weight excluding hydrogens is 549 g/mol. The van der Waals surface area contributed by atoms with E-state index in [-0.39, 0.29) is 41.6 Å². The van der Waals surface area contributed by atoms with Crippen LogP contribution in [0.15, 0.2) is 47.4 Å². The van der Waals surface area contributed by atoms with Crippen molar-refractivity contribution in [3.63, 3.8) is 0 Å². The zero-order valence-corrected chi connectivity index (χ0v) is 22.8. The zero-order chi connectivity index (χ0) is 28.5. The van der Waals surface area contributed by atoms with Gasteiger partial charge in [-0.1, -0.05) is 13.0 Å². The maximum Gasteiger partial charge on any atom is 0.416 e. The van der Waals surface area contributed by atoms with Crippen molar-refractivity contribution in [2.75, 3.05) is 27.7 Å². The number of hydrogen-bond acceptors (Lipinski definition) is 7. The molecule has 0 saturated heterocycles. The number of ether oxygens (including phenoxy) is 2. The Balaban J connectivity index is 2.03. The third-order valence-electron chi connectivity index (χ3n) is 5.48. The van der Waals surface area contributed by atoms with E-state index in [0.717, 1.165) is 22.5 Å². The third kappa shape index (κ3) is 7.31. The lowest BCUT2D eigenvalue weighted by atomic mass is 10.2. The maximum absolute atomic E-state index is 13.6. The number of sulfone groups is 1. The Morgan fingerprint density at radius 1 is 1.11 bits per heavy atom. The van der Waals surface area contributed by atoms with E-state index >= 15 is 0 Å². The molecule has 1 amide bonds. The molecule has 0 radical (unpaired) electrons. The van der Waals surface area contributed by atoms with Crippen LogP contribution in [0.3, 0.4) is 0 Å². The molecule has 0 bridgehead atoms. The molecule has 2 aromatic rings. The van der Waals surface area contributed by atoms with Gasteiger partial charge in [-0.2, -0.15) is 13.2 Å². The summed E-state index contributed by atoms with van der Waals surface area (Å²) in [4.78, 5) is 11.6. The van der Waals surface area contributed by atoms with Gasteiger partial charge in [-0.15, -0.1) is 0 Å². The van der Waals surface area contributed by atoms with E-state index in [0.29, 0.717) is 6.07 Å². The van der Waals surface area contributed by atoms with E-state index < -0.39 is 54.3 Å². The molecule has 1 aliphatic heterocycles. The summed E-state index contributed by atoms with van der Waals surface area (Å²) in [7, 11) is -7.96. The first-order chi connectivity index (χ1) is 17.4. The first-order valence-corrected chi connectivity index (χ1v) is 14.9. The first-order valence-electron chi connectivity index (χ1n) is 11.6. The van der Waals surface area contributed by atoms with Crippen molar-refractivity contribution in [1.82, 2.24) is 0 Å². The van der Waals surface area contributed by atoms with Crippen LogP contribution in [0.4, 0.5) is 29.3 Å². The van der Waals surface area contributed by atoms with Gasteiger partial charge in [-0.25, -0.2) is 21.6 Å². The molecule has 9 nitrogen and oxygen atoms in total. The number of carbonyl (C=O) groups excluding carboxylic acids is 1. The Morgan fingerprint density at radius 2 is 1.79 bits per heavy atom. The lowest BCUT2D eigenvalue weighted by molar-refractivity contribution is -0.137. The van der Waals surface area contributed by atoms with Crippen LogP contribution in [0.1, 0.15) is 39.7 Å². The fourth-order valence-corrected chi connectivity index (χ4v) is 6.06. The molecule has 210 valence electrons. The molecule has 1 N–H and O–H groups in total. The summed E-state index contributed by atoms with van der Waals surface area (Å²) in [5.41, 5.74) is -1.83. The second-order valence-corrected chi connectivity index (χ2v) is 14.0. The number of sulfonamides is 1. The summed E-state index contributed by atoms with van der Waals surface area (Å²) in [5, 5.41) is 2.49. The second kappa shape index (κ2) is 10.6. The smallest absolute Gasteiger partial charge is 0.416 e. The van der Waals surface area contributed by atoms with E-state index in [4.69, 9.17) is 9.47 Å². The lowest BCUT2D eigenvalue weighted by Crippen LogP contribution is -2.44. The molecular formula is C24H29F3N2O7S2. The number of hydrogen-bond donors (Lipinski definition) is 1. The summed E-state index contributed by atoms with van der Waals surface area (Å²) in [6.45, 7) is 6.11. The van der Waals surface area contributed by atoms with Gasteiger partial charge in [0.1, 0.15) is 27.3 Å². The minimum atomic E-state index is -4.77. The van der Waals surface area contributed by atoms with Gasteiger partial charge in [0.2, 0.25) is 0 Å². The van der Waals surface area contributed by atoms with Crippen LogP contribution < -0.4 is 14.4 Å². The second-order valence-electron chi connectivity index (χ2n) is 9.64. The first kappa shape index (κ1) is 29.6. The van der Waals surface area contributed by atoms with Gasteiger partial charge in [0.05, 0.1) is 28.4 Å². The van der Waals surface area contributed by atoms with E-state index in [2.05, 4.69) is 5.32 Å². The molecule has 1 unspecified atom stereocenters. The highest BCUT2D eigenvalue weighted by Crippen LogP contribution is 2.40. The van der Waals surface area contributed by atoms with Crippen LogP contribution in [0.5, 0.6) is 5.75 Å². The predicted octanol–water partition coefficient (Wildman–Crippen LogP) is 4.83. The molecule has 38 heavy (non-hydrogen) atoms. The number of halogens is 3. The van der Waals surface area contributed by atoms with E-state index in [1.54, 1.807) is 20.8 Å². The number of anilines is 2. The van der Waals surface area contributed by atoms with Gasteiger partial charge in [0.15, 0.2) is 0 Å². The minimum absolute atomic E-state index is 0.0365. The fraction of sp³-hybridized carbons (Fsp3) is 0.458. The summed E-state index contributed by atoms with van der Waals surface area (Å²) >= 11 is 0. The van der Waals surface area contributed by atoms with Crippen molar-refractivity contribution in [3.05, 3.63) is 48.0 Å². The highest BCUT2D eigenvalue weighted by atomic mass is 32.2. The van der Waals surface area contributed by atoms with Crippen LogP contribution in [0, 0.1) is 0 Å². The average molecular weight is 579 g/mol. The van der Waals surface area contributed by atoms with Gasteiger partial charge >= 0.3 is 12.3 Å². The van der Waals surface area contributed by atoms with Crippen molar-refractivity contribution < 1.29 is 44.3 Å². The summed E-state index contributed by atoms with van der Waals surface area (Å²) in [6, 6.07) is 7.43. The number of rotatable bonds is 7. The largest absolute Gasteiger partial charge is 0.486 e. The number of nitrogens with zero attached hydrogens (tertiary/aromatic N) is 1. The van der Waals surface area contributed by atoms with Crippen LogP contribution in [-0.2, 0) is 30.8 Å². The van der Waals surface area contributed by atoms with Gasteiger partial charge in [-0.3, -0.25) is 9.62 Å². The van der Waals surface area contributed by atoms with E-state index in [1.807, 2.05) is 0 Å². The van der Waals surface area contributed by atoms with Gasteiger partial charge in [0, 0.05) is 11.4 Å². The highest BCUT2D eigenvalue weighted by molar-refractivity contribution is 7.93. The van der Waals surface area contributed by atoms with Crippen molar-refractivity contribution in [1.29, 1.82) is 0 Å². The topological polar surface area (TPSA) is 119 Å². The Kier molecular flexibility index (Phi) is 8.27. The van der Waals surface area contributed by atoms with Crippen molar-refractivity contribution in [3.8, 4) is 5.75 Å². The Bertz CT molecular complexity index is 1400. The van der Waals surface area contributed by atoms with Gasteiger partial charge in [-0.05, 0) is 63.6 Å². The highest BCUT2D eigenvalue weighted by Gasteiger charge is 2.37. The van der Waals surface area contributed by atoms with E-state index in [1.165, 1.54) is 25.1 Å². The molecule has 1 heterocycles. The van der Waals surface area contributed by atoms with Gasteiger partial charge < -0.3 is 9.47 Å². The standard InChI is InChI=1S/C24H29F3N2O7S2/c1-5-37(31,32)12-11-18-15-29(38(33,34)19-8-6-7-16(13-19)24(25,26)27)20-14-17(9-10-21(20)35-18)28-22(30)36-23(2,3)4/h6-10,13-14,18H,5,11-12,15H2,1-4H3,(H,28,30). The van der Waals surface area contributed by atoms with Crippen LogP contribution in [0.2, 0.25) is 0 Å². The van der Waals surface area contributed by atoms with Crippen LogP contribution in [-0.4, -0.2) is 52.7 Å². The summed E-state index contributed by atoms with van der Waals surface area (Å²) < 4.78 is 103. The van der Waals surface area contributed by atoms with Gasteiger partial charge in [0.25, 0.3) is 10.0 Å². The molecule has 3 rings (SSSR count). The zero-order valence-electron chi connectivity index (χ0n) is 21.2. The van der Waals surface area contributed by atoms with E-state index in [9.17, 15) is 34.8 Å². The third-order valence-corrected chi connectivity index (χ3v) is 8.99. The molecule has 0 fully saturated rings. The average Bonchev–Trinajstić information content (AvgIpc) is 2.80. The molecule has 0 aromatic heterocycles. The Labute approximate surface area is 219 Å². The predicted molar refractivity (Wildman–Crippen MR) is 136 cm³/mol. The molecule has 1 aliphatic rings. The Morgan fingerprint density at radius 3 is 2.39 bits per heavy atom. The number of fused-ring (bicyclic) bond motifs is 1. The Hall–Kier alpha value is -3.00. The maximum atomic E-state index is 13.6. The molecule has 0 spiro atoms. The molecule has 14 heteroatoms.